The molecule has 0 aromatic carbocycles. The predicted molar refractivity (Wildman–Crippen MR) is 89.2 cm³/mol. The van der Waals surface area contributed by atoms with Crippen LogP contribution in [0, 0.1) is 18.3 Å². The molecule has 2 N–H and O–H groups in total. The van der Waals surface area contributed by atoms with Crippen molar-refractivity contribution >= 4 is 23.2 Å². The summed E-state index contributed by atoms with van der Waals surface area (Å²) in [4.78, 5) is 20.1. The summed E-state index contributed by atoms with van der Waals surface area (Å²) in [6, 6.07) is 3.50. The molecule has 3 aromatic rings. The number of rotatable bonds is 5. The van der Waals surface area contributed by atoms with E-state index < -0.39 is 0 Å². The molecule has 0 aliphatic heterocycles. The van der Waals surface area contributed by atoms with Gasteiger partial charge in [-0.15, -0.1) is 0 Å². The summed E-state index contributed by atoms with van der Waals surface area (Å²) >= 11 is 0. The Bertz CT molecular complexity index is 950. The monoisotopic (exact) mass is 337 g/mol. The molecule has 126 valence electrons. The summed E-state index contributed by atoms with van der Waals surface area (Å²) in [6.45, 7) is 1.76. The number of hydrogen-bond donors (Lipinski definition) is 2. The molecule has 0 unspecified atom stereocenters. The van der Waals surface area contributed by atoms with Crippen LogP contribution in [0.25, 0.3) is 5.82 Å². The highest BCUT2D eigenvalue weighted by atomic mass is 16.1. The lowest BCUT2D eigenvalue weighted by molar-refractivity contribution is -0.115. The van der Waals surface area contributed by atoms with Crippen LogP contribution in [-0.2, 0) is 11.8 Å². The van der Waals surface area contributed by atoms with Gasteiger partial charge in [0.05, 0.1) is 35.5 Å². The number of amides is 1. The van der Waals surface area contributed by atoms with E-state index in [2.05, 4.69) is 30.8 Å². The molecule has 0 bridgehead atoms. The zero-order valence-corrected chi connectivity index (χ0v) is 13.6. The van der Waals surface area contributed by atoms with E-state index in [1.54, 1.807) is 48.5 Å². The maximum atomic E-state index is 11.6. The van der Waals surface area contributed by atoms with Crippen molar-refractivity contribution in [1.29, 1.82) is 5.26 Å². The Morgan fingerprint density at radius 1 is 1.40 bits per heavy atom. The topological polar surface area (TPSA) is 126 Å². The van der Waals surface area contributed by atoms with Gasteiger partial charge in [0, 0.05) is 25.5 Å². The highest BCUT2D eigenvalue weighted by molar-refractivity contribution is 5.92. The van der Waals surface area contributed by atoms with Gasteiger partial charge in [0.2, 0.25) is 11.9 Å². The molecule has 3 aromatic heterocycles. The number of nitrogens with one attached hydrogen (secondary N) is 2. The van der Waals surface area contributed by atoms with Crippen LogP contribution in [-0.4, -0.2) is 35.4 Å². The van der Waals surface area contributed by atoms with Crippen molar-refractivity contribution in [1.82, 2.24) is 29.5 Å². The molecule has 0 radical (unpaired) electrons. The molecular weight excluding hydrogens is 322 g/mol. The smallest absolute Gasteiger partial charge is 0.238 e. The maximum absolute atomic E-state index is 11.6. The average Bonchev–Trinajstić information content (AvgIpc) is 3.14. The van der Waals surface area contributed by atoms with Gasteiger partial charge in [0.15, 0.2) is 5.82 Å². The first-order valence-corrected chi connectivity index (χ1v) is 7.37. The Kier molecular flexibility index (Phi) is 4.38. The average molecular weight is 337 g/mol. The molecule has 0 spiro atoms. The van der Waals surface area contributed by atoms with Gasteiger partial charge in [-0.2, -0.15) is 20.4 Å². The number of anilines is 3. The first kappa shape index (κ1) is 16.1. The van der Waals surface area contributed by atoms with E-state index in [0.717, 1.165) is 5.69 Å². The summed E-state index contributed by atoms with van der Waals surface area (Å²) in [5, 5.41) is 22.7. The largest absolute Gasteiger partial charge is 0.322 e. The fourth-order valence-electron chi connectivity index (χ4n) is 2.12. The van der Waals surface area contributed by atoms with Gasteiger partial charge in [0.25, 0.3) is 0 Å². The summed E-state index contributed by atoms with van der Waals surface area (Å²) in [5.74, 6) is 0.547. The van der Waals surface area contributed by atoms with Crippen molar-refractivity contribution in [3.05, 3.63) is 36.5 Å². The van der Waals surface area contributed by atoms with Crippen molar-refractivity contribution in [2.24, 2.45) is 7.05 Å². The third kappa shape index (κ3) is 3.78. The number of aromatic nitrogens is 6. The molecule has 10 heteroatoms. The normalized spacial score (nSPS) is 10.3. The summed E-state index contributed by atoms with van der Waals surface area (Å²) < 4.78 is 3.20. The molecule has 25 heavy (non-hydrogen) atoms. The highest BCUT2D eigenvalue weighted by Gasteiger charge is 2.11. The SMILES string of the molecule is Cc1nn(-c2ccnc(Nc3cnn(C)c3)n2)cc1NC(=O)CC#N. The molecule has 10 nitrogen and oxygen atoms in total. The molecule has 0 atom stereocenters. The van der Waals surface area contributed by atoms with Crippen LogP contribution in [0.4, 0.5) is 17.3 Å². The van der Waals surface area contributed by atoms with Gasteiger partial charge >= 0.3 is 0 Å². The number of carbonyl (C=O) groups is 1. The van der Waals surface area contributed by atoms with Gasteiger partial charge in [-0.05, 0) is 6.92 Å². The number of nitriles is 1. The Labute approximate surface area is 143 Å². The van der Waals surface area contributed by atoms with E-state index in [1.165, 1.54) is 4.68 Å². The molecule has 1 amide bonds. The molecule has 3 heterocycles. The lowest BCUT2D eigenvalue weighted by Gasteiger charge is -2.04. The summed E-state index contributed by atoms with van der Waals surface area (Å²) in [7, 11) is 1.82. The molecule has 0 fully saturated rings. The Morgan fingerprint density at radius 2 is 2.24 bits per heavy atom. The van der Waals surface area contributed by atoms with Crippen LogP contribution in [0.2, 0.25) is 0 Å². The van der Waals surface area contributed by atoms with Crippen LogP contribution in [0.5, 0.6) is 0 Å². The third-order valence-electron chi connectivity index (χ3n) is 3.25. The standard InChI is InChI=1S/C15H15N9O/c1-10-12(20-14(25)3-5-16)9-24(22-10)13-4-6-17-15(21-13)19-11-7-18-23(2)8-11/h4,6-9H,3H2,1-2H3,(H,20,25)(H,17,19,21). The Morgan fingerprint density at radius 3 is 2.96 bits per heavy atom. The quantitative estimate of drug-likeness (QED) is 0.718. The van der Waals surface area contributed by atoms with Crippen LogP contribution in [0.1, 0.15) is 12.1 Å². The molecule has 3 rings (SSSR count). The van der Waals surface area contributed by atoms with Gasteiger partial charge in [0.1, 0.15) is 6.42 Å². The fourth-order valence-corrected chi connectivity index (χ4v) is 2.12. The van der Waals surface area contributed by atoms with Gasteiger partial charge < -0.3 is 10.6 Å². The van der Waals surface area contributed by atoms with E-state index in [0.29, 0.717) is 23.1 Å². The molecule has 0 saturated carbocycles. The second kappa shape index (κ2) is 6.79. The van der Waals surface area contributed by atoms with Crippen molar-refractivity contribution in [3.63, 3.8) is 0 Å². The molecule has 0 aliphatic carbocycles. The lowest BCUT2D eigenvalue weighted by atomic mass is 10.3. The Balaban J connectivity index is 1.81. The first-order chi connectivity index (χ1) is 12.0. The number of nitrogens with zero attached hydrogens (tertiary/aromatic N) is 7. The predicted octanol–water partition coefficient (Wildman–Crippen LogP) is 1.30. The zero-order valence-electron chi connectivity index (χ0n) is 13.6. The van der Waals surface area contributed by atoms with Crippen molar-refractivity contribution in [3.8, 4) is 11.9 Å². The van der Waals surface area contributed by atoms with E-state index in [9.17, 15) is 4.79 Å². The van der Waals surface area contributed by atoms with Crippen LogP contribution in [0.15, 0.2) is 30.9 Å². The van der Waals surface area contributed by atoms with E-state index in [1.807, 2.05) is 7.05 Å². The summed E-state index contributed by atoms with van der Waals surface area (Å²) in [6.07, 6.45) is 6.50. The summed E-state index contributed by atoms with van der Waals surface area (Å²) in [5.41, 5.74) is 1.91. The fraction of sp³-hybridized carbons (Fsp3) is 0.200. The minimum absolute atomic E-state index is 0.211. The van der Waals surface area contributed by atoms with E-state index in [4.69, 9.17) is 5.26 Å². The van der Waals surface area contributed by atoms with Crippen LogP contribution < -0.4 is 10.6 Å². The van der Waals surface area contributed by atoms with Crippen molar-refractivity contribution in [2.75, 3.05) is 10.6 Å². The minimum Gasteiger partial charge on any atom is -0.322 e. The van der Waals surface area contributed by atoms with E-state index in [-0.39, 0.29) is 12.3 Å². The maximum Gasteiger partial charge on any atom is 0.238 e. The third-order valence-corrected chi connectivity index (χ3v) is 3.25. The molecule has 0 saturated heterocycles. The second-order valence-electron chi connectivity index (χ2n) is 5.22. The number of aryl methyl sites for hydroxylation is 2. The minimum atomic E-state index is -0.383. The highest BCUT2D eigenvalue weighted by Crippen LogP contribution is 2.17. The van der Waals surface area contributed by atoms with Gasteiger partial charge in [-0.3, -0.25) is 9.48 Å². The number of hydrogen-bond acceptors (Lipinski definition) is 7. The molecule has 0 aliphatic rings. The first-order valence-electron chi connectivity index (χ1n) is 7.37. The van der Waals surface area contributed by atoms with Crippen molar-refractivity contribution < 1.29 is 4.79 Å². The van der Waals surface area contributed by atoms with Gasteiger partial charge in [-0.1, -0.05) is 0 Å². The van der Waals surface area contributed by atoms with E-state index >= 15 is 0 Å². The van der Waals surface area contributed by atoms with Crippen LogP contribution >= 0.6 is 0 Å². The van der Waals surface area contributed by atoms with Crippen LogP contribution in [0.3, 0.4) is 0 Å². The van der Waals surface area contributed by atoms with Gasteiger partial charge in [-0.25, -0.2) is 9.67 Å². The zero-order chi connectivity index (χ0) is 17.8. The number of carbonyl (C=O) groups excluding carboxylic acids is 1. The van der Waals surface area contributed by atoms with Crippen molar-refractivity contribution in [2.45, 2.75) is 13.3 Å². The second-order valence-corrected chi connectivity index (χ2v) is 5.22. The molecular formula is C15H15N9O. The lowest BCUT2D eigenvalue weighted by Crippen LogP contribution is -2.10. The Hall–Kier alpha value is -3.74.